The van der Waals surface area contributed by atoms with Gasteiger partial charge in [0.2, 0.25) is 5.91 Å². The Bertz CT molecular complexity index is 159. The molecule has 0 heterocycles. The molecule has 0 aromatic carbocycles. The SMILES string of the molecule is CCCCN(CCOC(C)O)C(C)=O. The van der Waals surface area contributed by atoms with Crippen LogP contribution in [-0.2, 0) is 9.53 Å². The normalized spacial score (nSPS) is 12.6. The zero-order valence-corrected chi connectivity index (χ0v) is 9.32. The predicted octanol–water partition coefficient (Wildman–Crippen LogP) is 0.990. The standard InChI is InChI=1S/C10H21NO3/c1-4-5-6-11(9(2)12)7-8-14-10(3)13/h10,13H,4-8H2,1-3H3. The molecular formula is C10H21NO3. The number of amides is 1. The summed E-state index contributed by atoms with van der Waals surface area (Å²) in [5.41, 5.74) is 0. The highest BCUT2D eigenvalue weighted by Crippen LogP contribution is 1.96. The lowest BCUT2D eigenvalue weighted by Gasteiger charge is -2.21. The average Bonchev–Trinajstić information content (AvgIpc) is 2.09. The first-order valence-electron chi connectivity index (χ1n) is 5.13. The van der Waals surface area contributed by atoms with Crippen LogP contribution in [0.15, 0.2) is 0 Å². The van der Waals surface area contributed by atoms with Crippen molar-refractivity contribution in [3.05, 3.63) is 0 Å². The van der Waals surface area contributed by atoms with Crippen LogP contribution >= 0.6 is 0 Å². The fraction of sp³-hybridized carbons (Fsp3) is 0.900. The van der Waals surface area contributed by atoms with E-state index in [9.17, 15) is 4.79 Å². The Morgan fingerprint density at radius 1 is 1.50 bits per heavy atom. The molecule has 0 aliphatic heterocycles. The number of hydrogen-bond donors (Lipinski definition) is 1. The maximum atomic E-state index is 11.1. The Balaban J connectivity index is 3.68. The van der Waals surface area contributed by atoms with Gasteiger partial charge in [0.05, 0.1) is 6.61 Å². The molecule has 0 rings (SSSR count). The van der Waals surface area contributed by atoms with Crippen molar-refractivity contribution in [1.82, 2.24) is 4.90 Å². The van der Waals surface area contributed by atoms with Crippen molar-refractivity contribution < 1.29 is 14.6 Å². The summed E-state index contributed by atoms with van der Waals surface area (Å²) in [7, 11) is 0. The number of ether oxygens (including phenoxy) is 1. The fourth-order valence-electron chi connectivity index (χ4n) is 1.11. The number of aliphatic hydroxyl groups is 1. The Labute approximate surface area is 85.9 Å². The van der Waals surface area contributed by atoms with Crippen LogP contribution in [0.25, 0.3) is 0 Å². The van der Waals surface area contributed by atoms with Gasteiger partial charge in [0.1, 0.15) is 0 Å². The van der Waals surface area contributed by atoms with Crippen molar-refractivity contribution >= 4 is 5.91 Å². The van der Waals surface area contributed by atoms with Gasteiger partial charge < -0.3 is 14.7 Å². The summed E-state index contributed by atoms with van der Waals surface area (Å²) in [6.07, 6.45) is 1.32. The summed E-state index contributed by atoms with van der Waals surface area (Å²) >= 11 is 0. The van der Waals surface area contributed by atoms with E-state index in [2.05, 4.69) is 6.92 Å². The Hall–Kier alpha value is -0.610. The Morgan fingerprint density at radius 2 is 2.14 bits per heavy atom. The lowest BCUT2D eigenvalue weighted by atomic mass is 10.3. The van der Waals surface area contributed by atoms with Crippen molar-refractivity contribution in [3.8, 4) is 0 Å². The van der Waals surface area contributed by atoms with Crippen LogP contribution in [0.4, 0.5) is 0 Å². The molecule has 0 aromatic heterocycles. The van der Waals surface area contributed by atoms with E-state index < -0.39 is 6.29 Å². The van der Waals surface area contributed by atoms with Crippen LogP contribution in [0.5, 0.6) is 0 Å². The molecule has 1 N–H and O–H groups in total. The van der Waals surface area contributed by atoms with Gasteiger partial charge in [-0.1, -0.05) is 13.3 Å². The maximum absolute atomic E-state index is 11.1. The topological polar surface area (TPSA) is 49.8 Å². The molecule has 4 nitrogen and oxygen atoms in total. The molecule has 14 heavy (non-hydrogen) atoms. The first-order chi connectivity index (χ1) is 6.57. The van der Waals surface area contributed by atoms with Gasteiger partial charge in [-0.25, -0.2) is 0 Å². The molecule has 0 aromatic rings. The highest BCUT2D eigenvalue weighted by atomic mass is 16.6. The number of unbranched alkanes of at least 4 members (excludes halogenated alkanes) is 1. The van der Waals surface area contributed by atoms with Crippen LogP contribution < -0.4 is 0 Å². The monoisotopic (exact) mass is 203 g/mol. The van der Waals surface area contributed by atoms with Gasteiger partial charge in [-0.05, 0) is 13.3 Å². The lowest BCUT2D eigenvalue weighted by Crippen LogP contribution is -2.33. The van der Waals surface area contributed by atoms with Crippen molar-refractivity contribution in [1.29, 1.82) is 0 Å². The van der Waals surface area contributed by atoms with E-state index in [0.29, 0.717) is 13.2 Å². The first-order valence-corrected chi connectivity index (χ1v) is 5.13. The number of hydrogen-bond acceptors (Lipinski definition) is 3. The van der Waals surface area contributed by atoms with E-state index in [4.69, 9.17) is 9.84 Å². The Morgan fingerprint density at radius 3 is 2.57 bits per heavy atom. The molecule has 0 fully saturated rings. The van der Waals surface area contributed by atoms with Gasteiger partial charge >= 0.3 is 0 Å². The Kier molecular flexibility index (Phi) is 7.42. The average molecular weight is 203 g/mol. The zero-order chi connectivity index (χ0) is 11.0. The molecule has 0 radical (unpaired) electrons. The minimum atomic E-state index is -0.755. The van der Waals surface area contributed by atoms with Crippen LogP contribution in [0, 0.1) is 0 Å². The third kappa shape index (κ3) is 6.86. The zero-order valence-electron chi connectivity index (χ0n) is 9.32. The molecule has 1 atom stereocenters. The minimum absolute atomic E-state index is 0.0626. The number of carbonyl (C=O) groups is 1. The number of aliphatic hydroxyl groups excluding tert-OH is 1. The third-order valence-corrected chi connectivity index (χ3v) is 1.95. The summed E-state index contributed by atoms with van der Waals surface area (Å²) in [6.45, 7) is 6.92. The lowest BCUT2D eigenvalue weighted by molar-refractivity contribution is -0.132. The molecule has 84 valence electrons. The second kappa shape index (κ2) is 7.76. The molecule has 0 bridgehead atoms. The molecule has 1 amide bonds. The minimum Gasteiger partial charge on any atom is -0.368 e. The summed E-state index contributed by atoms with van der Waals surface area (Å²) < 4.78 is 4.96. The number of nitrogens with zero attached hydrogens (tertiary/aromatic N) is 1. The molecule has 0 aliphatic rings. The van der Waals surface area contributed by atoms with Gasteiger partial charge in [-0.2, -0.15) is 0 Å². The summed E-state index contributed by atoms with van der Waals surface area (Å²) in [4.78, 5) is 12.9. The quantitative estimate of drug-likeness (QED) is 0.628. The van der Waals surface area contributed by atoms with E-state index in [0.717, 1.165) is 19.4 Å². The van der Waals surface area contributed by atoms with Crippen molar-refractivity contribution in [3.63, 3.8) is 0 Å². The van der Waals surface area contributed by atoms with Gasteiger partial charge in [-0.3, -0.25) is 4.79 Å². The van der Waals surface area contributed by atoms with Crippen LogP contribution in [0.1, 0.15) is 33.6 Å². The van der Waals surface area contributed by atoms with Crippen molar-refractivity contribution in [2.45, 2.75) is 39.9 Å². The smallest absolute Gasteiger partial charge is 0.219 e. The maximum Gasteiger partial charge on any atom is 0.219 e. The third-order valence-electron chi connectivity index (χ3n) is 1.95. The fourth-order valence-corrected chi connectivity index (χ4v) is 1.11. The van der Waals surface area contributed by atoms with E-state index >= 15 is 0 Å². The van der Waals surface area contributed by atoms with Crippen LogP contribution in [0.2, 0.25) is 0 Å². The molecule has 0 saturated heterocycles. The summed E-state index contributed by atoms with van der Waals surface area (Å²) in [5, 5.41) is 8.85. The molecule has 0 saturated carbocycles. The second-order valence-electron chi connectivity index (χ2n) is 3.33. The highest BCUT2D eigenvalue weighted by molar-refractivity contribution is 5.73. The van der Waals surface area contributed by atoms with Gasteiger partial charge in [0, 0.05) is 20.0 Å². The van der Waals surface area contributed by atoms with Gasteiger partial charge in [0.15, 0.2) is 6.29 Å². The van der Waals surface area contributed by atoms with E-state index in [-0.39, 0.29) is 5.91 Å². The largest absolute Gasteiger partial charge is 0.368 e. The number of carbonyl (C=O) groups excluding carboxylic acids is 1. The van der Waals surface area contributed by atoms with Gasteiger partial charge in [0.25, 0.3) is 0 Å². The molecule has 1 unspecified atom stereocenters. The summed E-state index contributed by atoms with van der Waals surface area (Å²) in [6, 6.07) is 0. The summed E-state index contributed by atoms with van der Waals surface area (Å²) in [5.74, 6) is 0.0626. The van der Waals surface area contributed by atoms with Crippen LogP contribution in [-0.4, -0.2) is 41.9 Å². The molecule has 4 heteroatoms. The predicted molar refractivity (Wildman–Crippen MR) is 54.8 cm³/mol. The van der Waals surface area contributed by atoms with E-state index in [1.54, 1.807) is 18.7 Å². The molecular weight excluding hydrogens is 182 g/mol. The van der Waals surface area contributed by atoms with Crippen molar-refractivity contribution in [2.24, 2.45) is 0 Å². The molecule has 0 aliphatic carbocycles. The van der Waals surface area contributed by atoms with Crippen molar-refractivity contribution in [2.75, 3.05) is 19.7 Å². The van der Waals surface area contributed by atoms with E-state index in [1.807, 2.05) is 0 Å². The molecule has 0 spiro atoms. The van der Waals surface area contributed by atoms with E-state index in [1.165, 1.54) is 0 Å². The number of rotatable bonds is 7. The van der Waals surface area contributed by atoms with Gasteiger partial charge in [-0.15, -0.1) is 0 Å². The second-order valence-corrected chi connectivity index (χ2v) is 3.33. The van der Waals surface area contributed by atoms with Crippen LogP contribution in [0.3, 0.4) is 0 Å². The first kappa shape index (κ1) is 13.4. The highest BCUT2D eigenvalue weighted by Gasteiger charge is 2.07.